The third kappa shape index (κ3) is 3.11. The second-order valence-corrected chi connectivity index (χ2v) is 5.19. The van der Waals surface area contributed by atoms with Gasteiger partial charge in [0.15, 0.2) is 0 Å². The first-order valence-corrected chi connectivity index (χ1v) is 6.89. The summed E-state index contributed by atoms with van der Waals surface area (Å²) in [6, 6.07) is 6.33. The number of aromatic nitrogens is 2. The number of carbonyl (C=O) groups is 1. The topological polar surface area (TPSA) is 69.2 Å². The Morgan fingerprint density at radius 1 is 1.48 bits per heavy atom. The van der Waals surface area contributed by atoms with Gasteiger partial charge in [-0.1, -0.05) is 12.1 Å². The lowest BCUT2D eigenvalue weighted by molar-refractivity contribution is -0.137. The van der Waals surface area contributed by atoms with E-state index in [0.29, 0.717) is 18.9 Å². The van der Waals surface area contributed by atoms with Crippen LogP contribution < -0.4 is 0 Å². The van der Waals surface area contributed by atoms with E-state index in [1.54, 1.807) is 6.07 Å². The van der Waals surface area contributed by atoms with Gasteiger partial charge in [-0.2, -0.15) is 0 Å². The summed E-state index contributed by atoms with van der Waals surface area (Å²) in [4.78, 5) is 20.5. The SMILES string of the molecule is O=C(O)CCN1CCc2nc(-c3cccc(F)c3)[nH]c2C1. The molecule has 0 atom stereocenters. The van der Waals surface area contributed by atoms with E-state index >= 15 is 0 Å². The Labute approximate surface area is 121 Å². The molecule has 0 unspecified atom stereocenters. The first kappa shape index (κ1) is 13.8. The standard InChI is InChI=1S/C15H16FN3O2/c16-11-3-1-2-10(8-11)15-17-12-4-6-19(7-5-14(20)21)9-13(12)18-15/h1-3,8H,4-7,9H2,(H,17,18)(H,20,21). The fourth-order valence-corrected chi connectivity index (χ4v) is 2.57. The lowest BCUT2D eigenvalue weighted by Gasteiger charge is -2.25. The van der Waals surface area contributed by atoms with Crippen molar-refractivity contribution in [1.29, 1.82) is 0 Å². The van der Waals surface area contributed by atoms with E-state index in [1.807, 2.05) is 6.07 Å². The van der Waals surface area contributed by atoms with E-state index < -0.39 is 5.97 Å². The third-order valence-corrected chi connectivity index (χ3v) is 3.65. The van der Waals surface area contributed by atoms with E-state index in [9.17, 15) is 9.18 Å². The van der Waals surface area contributed by atoms with Gasteiger partial charge < -0.3 is 10.1 Å². The highest BCUT2D eigenvalue weighted by Crippen LogP contribution is 2.23. The zero-order chi connectivity index (χ0) is 14.8. The fourth-order valence-electron chi connectivity index (χ4n) is 2.57. The largest absolute Gasteiger partial charge is 0.481 e. The normalized spacial score (nSPS) is 14.9. The zero-order valence-corrected chi connectivity index (χ0v) is 11.5. The van der Waals surface area contributed by atoms with Crippen LogP contribution in [0.2, 0.25) is 0 Å². The predicted octanol–water partition coefficient (Wildman–Crippen LogP) is 2.05. The van der Waals surface area contributed by atoms with Crippen molar-refractivity contribution < 1.29 is 14.3 Å². The molecule has 5 nitrogen and oxygen atoms in total. The quantitative estimate of drug-likeness (QED) is 0.904. The maximum absolute atomic E-state index is 13.3. The van der Waals surface area contributed by atoms with Gasteiger partial charge in [-0.3, -0.25) is 9.69 Å². The highest BCUT2D eigenvalue weighted by molar-refractivity contribution is 5.66. The molecular weight excluding hydrogens is 273 g/mol. The van der Waals surface area contributed by atoms with E-state index in [4.69, 9.17) is 5.11 Å². The molecule has 0 amide bonds. The van der Waals surface area contributed by atoms with Crippen LogP contribution in [0, 0.1) is 5.82 Å². The second kappa shape index (κ2) is 5.65. The lowest BCUT2D eigenvalue weighted by atomic mass is 10.1. The first-order chi connectivity index (χ1) is 10.1. The maximum atomic E-state index is 13.3. The molecule has 0 aliphatic carbocycles. The number of hydrogen-bond donors (Lipinski definition) is 2. The highest BCUT2D eigenvalue weighted by Gasteiger charge is 2.21. The number of halogens is 1. The molecule has 6 heteroatoms. The molecule has 1 aliphatic rings. The summed E-state index contributed by atoms with van der Waals surface area (Å²) in [5.74, 6) is -0.407. The highest BCUT2D eigenvalue weighted by atomic mass is 19.1. The Bertz CT molecular complexity index is 669. The minimum atomic E-state index is -0.786. The van der Waals surface area contributed by atoms with Crippen molar-refractivity contribution in [2.45, 2.75) is 19.4 Å². The van der Waals surface area contributed by atoms with E-state index in [2.05, 4.69) is 14.9 Å². The summed E-state index contributed by atoms with van der Waals surface area (Å²) < 4.78 is 13.3. The number of carboxylic acid groups (broad SMARTS) is 1. The van der Waals surface area contributed by atoms with Gasteiger partial charge in [0.2, 0.25) is 0 Å². The van der Waals surface area contributed by atoms with Gasteiger partial charge in [-0.25, -0.2) is 9.37 Å². The zero-order valence-electron chi connectivity index (χ0n) is 11.5. The third-order valence-electron chi connectivity index (χ3n) is 3.65. The molecular formula is C15H16FN3O2. The van der Waals surface area contributed by atoms with Gasteiger partial charge in [0.25, 0.3) is 0 Å². The first-order valence-electron chi connectivity index (χ1n) is 6.89. The molecule has 2 aromatic rings. The number of benzene rings is 1. The summed E-state index contributed by atoms with van der Waals surface area (Å²) in [5.41, 5.74) is 2.70. The molecule has 0 saturated heterocycles. The Balaban J connectivity index is 1.77. The van der Waals surface area contributed by atoms with Crippen LogP contribution in [0.4, 0.5) is 4.39 Å². The van der Waals surface area contributed by atoms with E-state index in [-0.39, 0.29) is 12.2 Å². The minimum absolute atomic E-state index is 0.139. The molecule has 1 aromatic heterocycles. The number of nitrogens with one attached hydrogen (secondary N) is 1. The van der Waals surface area contributed by atoms with Crippen LogP contribution in [0.3, 0.4) is 0 Å². The summed E-state index contributed by atoms with van der Waals surface area (Å²) in [6.45, 7) is 1.99. The van der Waals surface area contributed by atoms with Gasteiger partial charge in [0, 0.05) is 31.6 Å². The van der Waals surface area contributed by atoms with E-state index in [0.717, 1.165) is 29.9 Å². The van der Waals surface area contributed by atoms with Crippen LogP contribution in [0.15, 0.2) is 24.3 Å². The van der Waals surface area contributed by atoms with Crippen molar-refractivity contribution in [3.63, 3.8) is 0 Å². The molecule has 0 radical (unpaired) electrons. The van der Waals surface area contributed by atoms with Crippen LogP contribution >= 0.6 is 0 Å². The summed E-state index contributed by atoms with van der Waals surface area (Å²) in [6.07, 6.45) is 0.918. The Morgan fingerprint density at radius 2 is 2.33 bits per heavy atom. The van der Waals surface area contributed by atoms with Crippen LogP contribution in [-0.4, -0.2) is 39.0 Å². The number of nitrogens with zero attached hydrogens (tertiary/aromatic N) is 2. The molecule has 1 aliphatic heterocycles. The molecule has 0 bridgehead atoms. The number of imidazole rings is 1. The predicted molar refractivity (Wildman–Crippen MR) is 75.2 cm³/mol. The average Bonchev–Trinajstić information content (AvgIpc) is 2.88. The summed E-state index contributed by atoms with van der Waals surface area (Å²) >= 11 is 0. The van der Waals surface area contributed by atoms with Crippen LogP contribution in [0.25, 0.3) is 11.4 Å². The second-order valence-electron chi connectivity index (χ2n) is 5.19. The number of aromatic amines is 1. The molecule has 0 spiro atoms. The number of aliphatic carboxylic acids is 1. The Kier molecular flexibility index (Phi) is 3.70. The maximum Gasteiger partial charge on any atom is 0.304 e. The van der Waals surface area contributed by atoms with Gasteiger partial charge in [0.1, 0.15) is 11.6 Å². The summed E-state index contributed by atoms with van der Waals surface area (Å²) in [7, 11) is 0. The van der Waals surface area contributed by atoms with Gasteiger partial charge in [0.05, 0.1) is 17.8 Å². The molecule has 21 heavy (non-hydrogen) atoms. The number of rotatable bonds is 4. The monoisotopic (exact) mass is 289 g/mol. The molecule has 2 heterocycles. The molecule has 0 fully saturated rings. The van der Waals surface area contributed by atoms with Crippen LogP contribution in [-0.2, 0) is 17.8 Å². The number of carboxylic acids is 1. The molecule has 110 valence electrons. The minimum Gasteiger partial charge on any atom is -0.481 e. The van der Waals surface area contributed by atoms with Gasteiger partial charge in [-0.05, 0) is 12.1 Å². The Morgan fingerprint density at radius 3 is 3.10 bits per heavy atom. The van der Waals surface area contributed by atoms with Crippen molar-refractivity contribution >= 4 is 5.97 Å². The Hall–Kier alpha value is -2.21. The fraction of sp³-hybridized carbons (Fsp3) is 0.333. The number of hydrogen-bond acceptors (Lipinski definition) is 3. The van der Waals surface area contributed by atoms with Crippen molar-refractivity contribution in [2.24, 2.45) is 0 Å². The smallest absolute Gasteiger partial charge is 0.304 e. The summed E-state index contributed by atoms with van der Waals surface area (Å²) in [5, 5.41) is 8.74. The lowest BCUT2D eigenvalue weighted by Crippen LogP contribution is -2.32. The van der Waals surface area contributed by atoms with Crippen molar-refractivity contribution in [3.05, 3.63) is 41.5 Å². The number of H-pyrrole nitrogens is 1. The van der Waals surface area contributed by atoms with Crippen LogP contribution in [0.1, 0.15) is 17.8 Å². The van der Waals surface area contributed by atoms with Gasteiger partial charge >= 0.3 is 5.97 Å². The molecule has 0 saturated carbocycles. The average molecular weight is 289 g/mol. The molecule has 1 aromatic carbocycles. The van der Waals surface area contributed by atoms with E-state index in [1.165, 1.54) is 12.1 Å². The number of fused-ring (bicyclic) bond motifs is 1. The van der Waals surface area contributed by atoms with Crippen molar-refractivity contribution in [2.75, 3.05) is 13.1 Å². The van der Waals surface area contributed by atoms with Crippen molar-refractivity contribution in [3.8, 4) is 11.4 Å². The van der Waals surface area contributed by atoms with Crippen LogP contribution in [0.5, 0.6) is 0 Å². The van der Waals surface area contributed by atoms with Crippen molar-refractivity contribution in [1.82, 2.24) is 14.9 Å². The molecule has 3 rings (SSSR count). The van der Waals surface area contributed by atoms with Gasteiger partial charge in [-0.15, -0.1) is 0 Å². The molecule has 2 N–H and O–H groups in total.